The van der Waals surface area contributed by atoms with E-state index >= 15 is 0 Å². The van der Waals surface area contributed by atoms with Crippen molar-refractivity contribution in [2.45, 2.75) is 6.92 Å². The van der Waals surface area contributed by atoms with Crippen molar-refractivity contribution in [1.29, 1.82) is 0 Å². The maximum atomic E-state index is 14.1. The number of benzene rings is 1. The Balaban J connectivity index is 1.99. The Bertz CT molecular complexity index is 846. The Hall–Kier alpha value is -3.04. The van der Waals surface area contributed by atoms with E-state index in [0.29, 0.717) is 23.5 Å². The molecule has 0 unspecified atom stereocenters. The summed E-state index contributed by atoms with van der Waals surface area (Å²) in [5.41, 5.74) is -0.640. The van der Waals surface area contributed by atoms with Crippen LogP contribution in [0.2, 0.25) is 0 Å². The Morgan fingerprint density at radius 3 is 2.48 bits per heavy atom. The predicted molar refractivity (Wildman–Crippen MR) is 94.8 cm³/mol. The van der Waals surface area contributed by atoms with Crippen molar-refractivity contribution in [1.82, 2.24) is 15.3 Å². The average Bonchev–Trinajstić information content (AvgIpc) is 2.61. The minimum Gasteiger partial charge on any atom is -0.491 e. The molecule has 27 heavy (non-hydrogen) atoms. The molecule has 0 spiro atoms. The van der Waals surface area contributed by atoms with Crippen molar-refractivity contribution >= 4 is 17.5 Å². The number of nitrogens with one attached hydrogen (secondary N) is 2. The molecular formula is C17H20F3N5O2. The minimum absolute atomic E-state index is 0.0972. The van der Waals surface area contributed by atoms with Gasteiger partial charge >= 0.3 is 0 Å². The highest BCUT2D eigenvalue weighted by atomic mass is 19.2. The van der Waals surface area contributed by atoms with Crippen LogP contribution in [-0.2, 0) is 0 Å². The summed E-state index contributed by atoms with van der Waals surface area (Å²) in [5.74, 6) is -4.10. The summed E-state index contributed by atoms with van der Waals surface area (Å²) in [6.07, 6.45) is 0. The molecule has 2 N–H and O–H groups in total. The van der Waals surface area contributed by atoms with E-state index in [9.17, 15) is 18.0 Å². The third-order valence-electron chi connectivity index (χ3n) is 3.56. The third-order valence-corrected chi connectivity index (χ3v) is 3.56. The lowest BCUT2D eigenvalue weighted by molar-refractivity contribution is 0.0949. The van der Waals surface area contributed by atoms with Gasteiger partial charge in [0.05, 0.1) is 12.7 Å². The number of nitrogens with zero attached hydrogens (tertiary/aromatic N) is 3. The fourth-order valence-corrected chi connectivity index (χ4v) is 2.26. The van der Waals surface area contributed by atoms with Gasteiger partial charge < -0.3 is 20.3 Å². The number of carbonyl (C=O) groups is 1. The van der Waals surface area contributed by atoms with Crippen LogP contribution in [0.1, 0.15) is 16.2 Å². The molecule has 0 atom stereocenters. The van der Waals surface area contributed by atoms with E-state index in [1.807, 2.05) is 19.0 Å². The molecule has 0 fully saturated rings. The standard InChI is InChI=1S/C17H20F3N5O2/c1-9-23-12(8-13(24-9)25(2)3)21-5-6-22-17(26)10-7-11(18)15(20)16(27-4)14(10)19/h7-8H,5-6H2,1-4H3,(H,22,26)(H,21,23,24). The molecule has 2 rings (SSSR count). The summed E-state index contributed by atoms with van der Waals surface area (Å²) in [7, 11) is 4.67. The van der Waals surface area contributed by atoms with Crippen molar-refractivity contribution < 1.29 is 22.7 Å². The molecule has 1 aromatic heterocycles. The van der Waals surface area contributed by atoms with Crippen LogP contribution in [0.4, 0.5) is 24.8 Å². The summed E-state index contributed by atoms with van der Waals surface area (Å²) < 4.78 is 45.5. The number of halogens is 3. The monoisotopic (exact) mass is 383 g/mol. The highest BCUT2D eigenvalue weighted by molar-refractivity contribution is 5.95. The van der Waals surface area contributed by atoms with Gasteiger partial charge in [-0.15, -0.1) is 0 Å². The number of amides is 1. The van der Waals surface area contributed by atoms with Gasteiger partial charge in [0.2, 0.25) is 5.82 Å². The van der Waals surface area contributed by atoms with Crippen LogP contribution < -0.4 is 20.3 Å². The minimum atomic E-state index is -1.48. The number of anilines is 2. The lowest BCUT2D eigenvalue weighted by Crippen LogP contribution is -2.30. The molecule has 0 saturated carbocycles. The van der Waals surface area contributed by atoms with Gasteiger partial charge in [0, 0.05) is 33.3 Å². The molecule has 0 bridgehead atoms. The molecule has 7 nitrogen and oxygen atoms in total. The van der Waals surface area contributed by atoms with Crippen LogP contribution in [0.3, 0.4) is 0 Å². The Kier molecular flexibility index (Phi) is 6.43. The largest absolute Gasteiger partial charge is 0.491 e. The fourth-order valence-electron chi connectivity index (χ4n) is 2.26. The summed E-state index contributed by atoms with van der Waals surface area (Å²) in [6.45, 7) is 2.12. The molecule has 2 aromatic rings. The van der Waals surface area contributed by atoms with Crippen LogP contribution in [0, 0.1) is 24.4 Å². The number of carbonyl (C=O) groups excluding carboxylic acids is 1. The number of methoxy groups -OCH3 is 1. The fraction of sp³-hybridized carbons (Fsp3) is 0.353. The van der Waals surface area contributed by atoms with Crippen molar-refractivity contribution in [3.8, 4) is 5.75 Å². The SMILES string of the molecule is COc1c(F)c(F)cc(C(=O)NCCNc2cc(N(C)C)nc(C)n2)c1F. The van der Waals surface area contributed by atoms with Crippen molar-refractivity contribution in [2.75, 3.05) is 44.5 Å². The van der Waals surface area contributed by atoms with E-state index in [-0.39, 0.29) is 13.1 Å². The van der Waals surface area contributed by atoms with Crippen molar-refractivity contribution in [2.24, 2.45) is 0 Å². The second kappa shape index (κ2) is 8.56. The first kappa shape index (κ1) is 20.3. The number of rotatable bonds is 7. The van der Waals surface area contributed by atoms with Gasteiger partial charge in [-0.25, -0.2) is 18.7 Å². The van der Waals surface area contributed by atoms with Crippen LogP contribution >= 0.6 is 0 Å². The highest BCUT2D eigenvalue weighted by Crippen LogP contribution is 2.26. The number of hydrogen-bond acceptors (Lipinski definition) is 6. The lowest BCUT2D eigenvalue weighted by atomic mass is 10.1. The van der Waals surface area contributed by atoms with Gasteiger partial charge in [0.15, 0.2) is 17.4 Å². The first-order valence-corrected chi connectivity index (χ1v) is 8.01. The Morgan fingerprint density at radius 2 is 1.85 bits per heavy atom. The quantitative estimate of drug-likeness (QED) is 0.563. The highest BCUT2D eigenvalue weighted by Gasteiger charge is 2.23. The topological polar surface area (TPSA) is 79.4 Å². The second-order valence-corrected chi connectivity index (χ2v) is 5.80. The average molecular weight is 383 g/mol. The summed E-state index contributed by atoms with van der Waals surface area (Å²) >= 11 is 0. The molecular weight excluding hydrogens is 363 g/mol. The van der Waals surface area contributed by atoms with E-state index in [4.69, 9.17) is 0 Å². The smallest absolute Gasteiger partial charge is 0.254 e. The van der Waals surface area contributed by atoms with Gasteiger partial charge in [-0.05, 0) is 13.0 Å². The molecule has 0 saturated heterocycles. The van der Waals surface area contributed by atoms with E-state index < -0.39 is 34.7 Å². The van der Waals surface area contributed by atoms with Gasteiger partial charge in [-0.1, -0.05) is 0 Å². The molecule has 1 aromatic carbocycles. The number of aromatic nitrogens is 2. The normalized spacial score (nSPS) is 10.5. The lowest BCUT2D eigenvalue weighted by Gasteiger charge is -2.14. The zero-order chi connectivity index (χ0) is 20.1. The summed E-state index contributed by atoms with van der Waals surface area (Å²) in [6, 6.07) is 2.22. The first-order chi connectivity index (χ1) is 12.7. The maximum Gasteiger partial charge on any atom is 0.254 e. The Labute approximate surface area is 154 Å². The molecule has 0 radical (unpaired) electrons. The van der Waals surface area contributed by atoms with Crippen molar-refractivity contribution in [3.63, 3.8) is 0 Å². The van der Waals surface area contributed by atoms with Crippen LogP contribution in [0.5, 0.6) is 5.75 Å². The number of hydrogen-bond donors (Lipinski definition) is 2. The Morgan fingerprint density at radius 1 is 1.15 bits per heavy atom. The van der Waals surface area contributed by atoms with Crippen molar-refractivity contribution in [3.05, 3.63) is 41.0 Å². The third kappa shape index (κ3) is 4.78. The van der Waals surface area contributed by atoms with Crippen LogP contribution in [0.15, 0.2) is 12.1 Å². The molecule has 0 aliphatic rings. The zero-order valence-electron chi connectivity index (χ0n) is 15.4. The summed E-state index contributed by atoms with van der Waals surface area (Å²) in [5, 5.41) is 5.42. The number of aryl methyl sites for hydroxylation is 1. The zero-order valence-corrected chi connectivity index (χ0v) is 15.4. The molecule has 1 amide bonds. The van der Waals surface area contributed by atoms with Crippen LogP contribution in [-0.4, -0.2) is 50.2 Å². The molecule has 0 aliphatic heterocycles. The van der Waals surface area contributed by atoms with E-state index in [2.05, 4.69) is 25.3 Å². The predicted octanol–water partition coefficient (Wildman–Crippen LogP) is 2.12. The van der Waals surface area contributed by atoms with E-state index in [1.165, 1.54) is 0 Å². The number of ether oxygens (including phenoxy) is 1. The maximum absolute atomic E-state index is 14.1. The van der Waals surface area contributed by atoms with Crippen LogP contribution in [0.25, 0.3) is 0 Å². The van der Waals surface area contributed by atoms with E-state index in [0.717, 1.165) is 7.11 Å². The molecule has 1 heterocycles. The second-order valence-electron chi connectivity index (χ2n) is 5.80. The van der Waals surface area contributed by atoms with Gasteiger partial charge in [-0.2, -0.15) is 4.39 Å². The molecule has 10 heteroatoms. The molecule has 146 valence electrons. The molecule has 0 aliphatic carbocycles. The summed E-state index contributed by atoms with van der Waals surface area (Å²) in [4.78, 5) is 22.3. The van der Waals surface area contributed by atoms with Gasteiger partial charge in [0.1, 0.15) is 17.5 Å². The van der Waals surface area contributed by atoms with Gasteiger partial charge in [-0.3, -0.25) is 4.79 Å². The van der Waals surface area contributed by atoms with E-state index in [1.54, 1.807) is 13.0 Å². The van der Waals surface area contributed by atoms with Gasteiger partial charge in [0.25, 0.3) is 5.91 Å². The first-order valence-electron chi connectivity index (χ1n) is 8.01.